The number of piperazine rings is 1. The van der Waals surface area contributed by atoms with Crippen molar-refractivity contribution in [3.05, 3.63) is 53.2 Å². The first-order valence-electron chi connectivity index (χ1n) is 10.3. The van der Waals surface area contributed by atoms with Crippen LogP contribution in [0.15, 0.2) is 42.5 Å². The van der Waals surface area contributed by atoms with Crippen LogP contribution in [0.2, 0.25) is 5.02 Å². The van der Waals surface area contributed by atoms with Crippen LogP contribution >= 0.6 is 11.6 Å². The normalized spacial score (nSPS) is 14.4. The minimum absolute atomic E-state index is 0.186. The first-order valence-corrected chi connectivity index (χ1v) is 10.7. The molecule has 1 fully saturated rings. The standard InChI is InChI=1S/C23H25ClN4O4/c1-31-18-8-4-7-17-20(18)21(22(25-17)23(30)32-2)26-19(29)14-27-9-11-28(12-10-27)16-6-3-5-15(24)13-16/h3-8,13,25H,9-12,14H2,1-2H3,(H,26,29). The van der Waals surface area contributed by atoms with Gasteiger partial charge < -0.3 is 24.7 Å². The molecule has 1 amide bonds. The minimum Gasteiger partial charge on any atom is -0.496 e. The zero-order valence-electron chi connectivity index (χ0n) is 18.0. The van der Waals surface area contributed by atoms with Crippen LogP contribution in [0, 0.1) is 0 Å². The molecule has 32 heavy (non-hydrogen) atoms. The molecule has 1 saturated heterocycles. The predicted molar refractivity (Wildman–Crippen MR) is 125 cm³/mol. The monoisotopic (exact) mass is 456 g/mol. The number of amides is 1. The van der Waals surface area contributed by atoms with Gasteiger partial charge in [0.25, 0.3) is 0 Å². The van der Waals surface area contributed by atoms with E-state index in [0.29, 0.717) is 27.4 Å². The van der Waals surface area contributed by atoms with Crippen molar-refractivity contribution < 1.29 is 19.1 Å². The molecule has 1 aromatic heterocycles. The Morgan fingerprint density at radius 2 is 1.84 bits per heavy atom. The molecular weight excluding hydrogens is 432 g/mol. The van der Waals surface area contributed by atoms with Crippen molar-refractivity contribution in [2.75, 3.05) is 57.2 Å². The van der Waals surface area contributed by atoms with Gasteiger partial charge in [-0.3, -0.25) is 9.69 Å². The van der Waals surface area contributed by atoms with Crippen LogP contribution < -0.4 is 15.0 Å². The number of methoxy groups -OCH3 is 2. The first kappa shape index (κ1) is 22.0. The SMILES string of the molecule is COC(=O)c1[nH]c2cccc(OC)c2c1NC(=O)CN1CCN(c2cccc(Cl)c2)CC1. The Morgan fingerprint density at radius 3 is 2.53 bits per heavy atom. The average molecular weight is 457 g/mol. The van der Waals surface area contributed by atoms with Gasteiger partial charge in [0.15, 0.2) is 0 Å². The fourth-order valence-corrected chi connectivity index (χ4v) is 4.17. The largest absolute Gasteiger partial charge is 0.496 e. The van der Waals surface area contributed by atoms with E-state index in [1.807, 2.05) is 36.4 Å². The summed E-state index contributed by atoms with van der Waals surface area (Å²) in [5, 5.41) is 4.24. The Hall–Kier alpha value is -3.23. The zero-order chi connectivity index (χ0) is 22.7. The number of nitrogens with one attached hydrogen (secondary N) is 2. The molecular formula is C23H25ClN4O4. The minimum atomic E-state index is -0.561. The number of ether oxygens (including phenoxy) is 2. The van der Waals surface area contributed by atoms with Crippen molar-refractivity contribution in [2.24, 2.45) is 0 Å². The highest BCUT2D eigenvalue weighted by Gasteiger charge is 2.24. The number of carbonyl (C=O) groups excluding carboxylic acids is 2. The van der Waals surface area contributed by atoms with E-state index in [1.165, 1.54) is 7.11 Å². The Bertz CT molecular complexity index is 1140. The number of hydrogen-bond acceptors (Lipinski definition) is 6. The number of carbonyl (C=O) groups is 2. The van der Waals surface area contributed by atoms with Gasteiger partial charge in [-0.15, -0.1) is 0 Å². The molecule has 0 unspecified atom stereocenters. The van der Waals surface area contributed by atoms with E-state index in [2.05, 4.69) is 20.1 Å². The fraction of sp³-hybridized carbons (Fsp3) is 0.304. The van der Waals surface area contributed by atoms with Gasteiger partial charge in [0.1, 0.15) is 11.4 Å². The molecule has 2 N–H and O–H groups in total. The summed E-state index contributed by atoms with van der Waals surface area (Å²) < 4.78 is 10.3. The highest BCUT2D eigenvalue weighted by Crippen LogP contribution is 2.35. The maximum absolute atomic E-state index is 12.9. The van der Waals surface area contributed by atoms with Gasteiger partial charge in [-0.05, 0) is 30.3 Å². The van der Waals surface area contributed by atoms with Gasteiger partial charge in [0.2, 0.25) is 5.91 Å². The molecule has 0 radical (unpaired) electrons. The average Bonchev–Trinajstić information content (AvgIpc) is 3.17. The third-order valence-electron chi connectivity index (χ3n) is 5.57. The van der Waals surface area contributed by atoms with Crippen molar-refractivity contribution in [3.63, 3.8) is 0 Å². The van der Waals surface area contributed by atoms with Gasteiger partial charge >= 0.3 is 5.97 Å². The summed E-state index contributed by atoms with van der Waals surface area (Å²) in [6, 6.07) is 13.2. The number of rotatable bonds is 6. The number of esters is 1. The molecule has 3 aromatic rings. The summed E-state index contributed by atoms with van der Waals surface area (Å²) >= 11 is 6.10. The number of hydrogen-bond donors (Lipinski definition) is 2. The van der Waals surface area contributed by atoms with E-state index in [4.69, 9.17) is 21.1 Å². The predicted octanol–water partition coefficient (Wildman–Crippen LogP) is 3.38. The van der Waals surface area contributed by atoms with Crippen LogP contribution in [0.25, 0.3) is 10.9 Å². The summed E-state index contributed by atoms with van der Waals surface area (Å²) in [7, 11) is 2.85. The lowest BCUT2D eigenvalue weighted by Gasteiger charge is -2.35. The highest BCUT2D eigenvalue weighted by atomic mass is 35.5. The van der Waals surface area contributed by atoms with Crippen molar-refractivity contribution in [1.82, 2.24) is 9.88 Å². The topological polar surface area (TPSA) is 86.9 Å². The summed E-state index contributed by atoms with van der Waals surface area (Å²) in [4.78, 5) is 32.6. The summed E-state index contributed by atoms with van der Waals surface area (Å²) in [5.41, 5.74) is 2.31. The molecule has 1 aliphatic rings. The number of benzene rings is 2. The van der Waals surface area contributed by atoms with Gasteiger partial charge in [-0.1, -0.05) is 23.7 Å². The van der Waals surface area contributed by atoms with Gasteiger partial charge in [0.05, 0.1) is 37.4 Å². The van der Waals surface area contributed by atoms with E-state index in [9.17, 15) is 9.59 Å². The number of halogens is 1. The zero-order valence-corrected chi connectivity index (χ0v) is 18.7. The maximum atomic E-state index is 12.9. The van der Waals surface area contributed by atoms with Crippen LogP contribution in [0.3, 0.4) is 0 Å². The van der Waals surface area contributed by atoms with Gasteiger partial charge in [-0.25, -0.2) is 4.79 Å². The molecule has 4 rings (SSSR count). The van der Waals surface area contributed by atoms with Crippen LogP contribution in [0.1, 0.15) is 10.5 Å². The van der Waals surface area contributed by atoms with Gasteiger partial charge in [0, 0.05) is 36.9 Å². The number of aromatic nitrogens is 1. The molecule has 0 aliphatic carbocycles. The highest BCUT2D eigenvalue weighted by molar-refractivity contribution is 6.30. The molecule has 0 saturated carbocycles. The molecule has 8 nitrogen and oxygen atoms in total. The second-order valence-corrected chi connectivity index (χ2v) is 7.98. The summed E-state index contributed by atoms with van der Waals surface area (Å²) in [5.74, 6) is -0.216. The fourth-order valence-electron chi connectivity index (χ4n) is 3.98. The van der Waals surface area contributed by atoms with Crippen molar-refractivity contribution >= 4 is 45.8 Å². The van der Waals surface area contributed by atoms with Gasteiger partial charge in [-0.2, -0.15) is 0 Å². The van der Waals surface area contributed by atoms with Crippen LogP contribution in [-0.2, 0) is 9.53 Å². The van der Waals surface area contributed by atoms with E-state index >= 15 is 0 Å². The van der Waals surface area contributed by atoms with Crippen LogP contribution in [-0.4, -0.2) is 68.7 Å². The first-order chi connectivity index (χ1) is 15.5. The van der Waals surface area contributed by atoms with Crippen molar-refractivity contribution in [1.29, 1.82) is 0 Å². The third kappa shape index (κ3) is 4.51. The Balaban J connectivity index is 1.46. The molecule has 1 aliphatic heterocycles. The quantitative estimate of drug-likeness (QED) is 0.553. The number of anilines is 2. The molecule has 9 heteroatoms. The second-order valence-electron chi connectivity index (χ2n) is 7.54. The number of fused-ring (bicyclic) bond motifs is 1. The molecule has 2 heterocycles. The molecule has 168 valence electrons. The lowest BCUT2D eigenvalue weighted by Crippen LogP contribution is -2.48. The lowest BCUT2D eigenvalue weighted by molar-refractivity contribution is -0.117. The molecule has 2 aromatic carbocycles. The maximum Gasteiger partial charge on any atom is 0.356 e. The molecule has 0 atom stereocenters. The summed E-state index contributed by atoms with van der Waals surface area (Å²) in [6.45, 7) is 3.28. The second kappa shape index (κ2) is 9.50. The van der Waals surface area contributed by atoms with E-state index in [-0.39, 0.29) is 18.1 Å². The number of H-pyrrole nitrogens is 1. The summed E-state index contributed by atoms with van der Waals surface area (Å²) in [6.07, 6.45) is 0. The van der Waals surface area contributed by atoms with Crippen molar-refractivity contribution in [2.45, 2.75) is 0 Å². The lowest BCUT2D eigenvalue weighted by atomic mass is 10.2. The Kier molecular flexibility index (Phi) is 6.53. The number of aromatic amines is 1. The molecule has 0 bridgehead atoms. The van der Waals surface area contributed by atoms with E-state index < -0.39 is 5.97 Å². The smallest absolute Gasteiger partial charge is 0.356 e. The Labute approximate surface area is 191 Å². The third-order valence-corrected chi connectivity index (χ3v) is 5.81. The van der Waals surface area contributed by atoms with Crippen LogP contribution in [0.5, 0.6) is 5.75 Å². The van der Waals surface area contributed by atoms with E-state index in [0.717, 1.165) is 31.9 Å². The Morgan fingerprint density at radius 1 is 1.09 bits per heavy atom. The molecule has 0 spiro atoms. The van der Waals surface area contributed by atoms with E-state index in [1.54, 1.807) is 13.2 Å². The van der Waals surface area contributed by atoms with Crippen LogP contribution in [0.4, 0.5) is 11.4 Å². The van der Waals surface area contributed by atoms with Crippen molar-refractivity contribution in [3.8, 4) is 5.75 Å². The number of nitrogens with zero attached hydrogens (tertiary/aromatic N) is 2.